The molecule has 3 N–H and O–H groups in total. The van der Waals surface area contributed by atoms with Gasteiger partial charge in [0.25, 0.3) is 17.5 Å². The van der Waals surface area contributed by atoms with Gasteiger partial charge < -0.3 is 9.47 Å². The number of hydrogen-bond donors (Lipinski definition) is 3. The molecule has 11 nitrogen and oxygen atoms in total. The molecule has 156 valence electrons. The Bertz CT molecular complexity index is 962. The first-order valence-electron chi connectivity index (χ1n) is 8.26. The van der Waals surface area contributed by atoms with E-state index in [4.69, 9.17) is 17.0 Å². The smallest absolute Gasteiger partial charge is 0.337 e. The topological polar surface area (TPSA) is 149 Å². The molecule has 0 saturated carbocycles. The zero-order valence-corrected chi connectivity index (χ0v) is 16.4. The molecule has 2 amide bonds. The Balaban J connectivity index is 1.75. The predicted molar refractivity (Wildman–Crippen MR) is 108 cm³/mol. The van der Waals surface area contributed by atoms with Crippen LogP contribution in [0.2, 0.25) is 0 Å². The fraction of sp³-hybridized carbons (Fsp3) is 0.111. The average molecular weight is 432 g/mol. The molecular formula is C18H16N4O7S. The summed E-state index contributed by atoms with van der Waals surface area (Å²) in [5.74, 6) is -1.42. The summed E-state index contributed by atoms with van der Waals surface area (Å²) in [4.78, 5) is 45.3. The molecule has 0 atom stereocenters. The minimum Gasteiger partial charge on any atom is -0.484 e. The van der Waals surface area contributed by atoms with Crippen molar-refractivity contribution in [1.29, 1.82) is 0 Å². The largest absolute Gasteiger partial charge is 0.484 e. The summed E-state index contributed by atoms with van der Waals surface area (Å²) >= 11 is 4.91. The number of esters is 1. The highest BCUT2D eigenvalue weighted by atomic mass is 32.1. The van der Waals surface area contributed by atoms with E-state index >= 15 is 0 Å². The molecule has 0 aliphatic rings. The quantitative estimate of drug-likeness (QED) is 0.264. The molecule has 0 spiro atoms. The van der Waals surface area contributed by atoms with Crippen LogP contribution in [0.3, 0.4) is 0 Å². The Morgan fingerprint density at radius 1 is 1.00 bits per heavy atom. The Kier molecular flexibility index (Phi) is 7.76. The number of hydrazine groups is 1. The minimum atomic E-state index is -0.604. The third-order valence-electron chi connectivity index (χ3n) is 3.53. The van der Waals surface area contributed by atoms with Gasteiger partial charge in [-0.2, -0.15) is 0 Å². The maximum absolute atomic E-state index is 12.1. The number of nitrogens with zero attached hydrogens (tertiary/aromatic N) is 1. The number of methoxy groups -OCH3 is 1. The first-order chi connectivity index (χ1) is 14.3. The Labute approximate surface area is 175 Å². The second-order valence-electron chi connectivity index (χ2n) is 5.57. The molecule has 2 aromatic rings. The maximum atomic E-state index is 12.1. The monoisotopic (exact) mass is 432 g/mol. The van der Waals surface area contributed by atoms with Crippen molar-refractivity contribution >= 4 is 40.8 Å². The number of nitrogens with one attached hydrogen (secondary N) is 3. The Morgan fingerprint density at radius 2 is 1.60 bits per heavy atom. The van der Waals surface area contributed by atoms with Gasteiger partial charge in [-0.3, -0.25) is 35.9 Å². The highest BCUT2D eigenvalue weighted by Crippen LogP contribution is 2.17. The molecule has 12 heteroatoms. The van der Waals surface area contributed by atoms with Crippen molar-refractivity contribution in [3.05, 3.63) is 69.8 Å². The van der Waals surface area contributed by atoms with Crippen molar-refractivity contribution in [3.8, 4) is 5.75 Å². The molecule has 0 aliphatic carbocycles. The van der Waals surface area contributed by atoms with Crippen LogP contribution >= 0.6 is 12.2 Å². The van der Waals surface area contributed by atoms with Crippen LogP contribution in [0.1, 0.15) is 20.7 Å². The molecular weight excluding hydrogens is 416 g/mol. The van der Waals surface area contributed by atoms with E-state index in [1.165, 1.54) is 55.6 Å². The molecule has 0 radical (unpaired) electrons. The maximum Gasteiger partial charge on any atom is 0.337 e. The SMILES string of the molecule is COC(=O)c1ccc(C(=O)NC(=S)NNC(=O)COc2ccc([N+](=O)[O-])cc2)cc1. The summed E-state index contributed by atoms with van der Waals surface area (Å²) < 4.78 is 9.75. The van der Waals surface area contributed by atoms with Gasteiger partial charge in [0, 0.05) is 17.7 Å². The number of carbonyl (C=O) groups is 3. The van der Waals surface area contributed by atoms with E-state index in [1.54, 1.807) is 0 Å². The van der Waals surface area contributed by atoms with Crippen molar-refractivity contribution in [2.75, 3.05) is 13.7 Å². The highest BCUT2D eigenvalue weighted by Gasteiger charge is 2.11. The number of nitro groups is 1. The van der Waals surface area contributed by atoms with Crippen LogP contribution in [0.4, 0.5) is 5.69 Å². The summed E-state index contributed by atoms with van der Waals surface area (Å²) in [6, 6.07) is 10.9. The Hall–Kier alpha value is -4.06. The number of ether oxygens (including phenoxy) is 2. The molecule has 30 heavy (non-hydrogen) atoms. The third kappa shape index (κ3) is 6.53. The van der Waals surface area contributed by atoms with Gasteiger partial charge in [0.2, 0.25) is 0 Å². The minimum absolute atomic E-state index is 0.102. The second-order valence-corrected chi connectivity index (χ2v) is 5.97. The second kappa shape index (κ2) is 10.5. The zero-order valence-electron chi connectivity index (χ0n) is 15.5. The number of hydrogen-bond acceptors (Lipinski definition) is 8. The van der Waals surface area contributed by atoms with Crippen LogP contribution < -0.4 is 20.9 Å². The van der Waals surface area contributed by atoms with Gasteiger partial charge in [-0.25, -0.2) is 4.79 Å². The van der Waals surface area contributed by atoms with Crippen molar-refractivity contribution in [3.63, 3.8) is 0 Å². The number of thiocarbonyl (C=S) groups is 1. The van der Waals surface area contributed by atoms with E-state index < -0.39 is 29.3 Å². The van der Waals surface area contributed by atoms with Gasteiger partial charge in [0.15, 0.2) is 11.7 Å². The molecule has 0 aromatic heterocycles. The van der Waals surface area contributed by atoms with E-state index in [1.807, 2.05) is 0 Å². The number of rotatable bonds is 6. The predicted octanol–water partition coefficient (Wildman–Crippen LogP) is 1.10. The summed E-state index contributed by atoms with van der Waals surface area (Å²) in [5, 5.41) is 12.8. The van der Waals surface area contributed by atoms with Crippen LogP contribution in [0.15, 0.2) is 48.5 Å². The van der Waals surface area contributed by atoms with E-state index in [0.717, 1.165) is 0 Å². The van der Waals surface area contributed by atoms with E-state index in [2.05, 4.69) is 20.9 Å². The van der Waals surface area contributed by atoms with Crippen LogP contribution in [0.5, 0.6) is 5.75 Å². The molecule has 2 rings (SSSR count). The molecule has 0 fully saturated rings. The lowest BCUT2D eigenvalue weighted by atomic mass is 10.1. The number of carbonyl (C=O) groups excluding carboxylic acids is 3. The van der Waals surface area contributed by atoms with Crippen LogP contribution in [0, 0.1) is 10.1 Å². The van der Waals surface area contributed by atoms with Gasteiger partial charge in [0.05, 0.1) is 17.6 Å². The molecule has 0 aliphatic heterocycles. The van der Waals surface area contributed by atoms with E-state index in [-0.39, 0.29) is 27.7 Å². The third-order valence-corrected chi connectivity index (χ3v) is 3.73. The van der Waals surface area contributed by atoms with E-state index in [9.17, 15) is 24.5 Å². The normalized spacial score (nSPS) is 9.77. The fourth-order valence-corrected chi connectivity index (χ4v) is 2.20. The van der Waals surface area contributed by atoms with Crippen LogP contribution in [0.25, 0.3) is 0 Å². The number of amides is 2. The summed E-state index contributed by atoms with van der Waals surface area (Å²) in [5.41, 5.74) is 4.99. The Morgan fingerprint density at radius 3 is 2.17 bits per heavy atom. The summed E-state index contributed by atoms with van der Waals surface area (Å²) in [6.45, 7) is -0.392. The number of benzene rings is 2. The molecule has 0 heterocycles. The lowest BCUT2D eigenvalue weighted by molar-refractivity contribution is -0.384. The molecule has 2 aromatic carbocycles. The first kappa shape index (κ1) is 22.2. The van der Waals surface area contributed by atoms with E-state index in [0.29, 0.717) is 0 Å². The van der Waals surface area contributed by atoms with Crippen molar-refractivity contribution in [1.82, 2.24) is 16.2 Å². The highest BCUT2D eigenvalue weighted by molar-refractivity contribution is 7.80. The lowest BCUT2D eigenvalue weighted by Gasteiger charge is -2.11. The average Bonchev–Trinajstić information content (AvgIpc) is 2.76. The van der Waals surface area contributed by atoms with Gasteiger partial charge >= 0.3 is 5.97 Å². The summed E-state index contributed by atoms with van der Waals surface area (Å²) in [7, 11) is 1.25. The first-order valence-corrected chi connectivity index (χ1v) is 8.66. The van der Waals surface area contributed by atoms with Crippen LogP contribution in [-0.4, -0.2) is 41.5 Å². The van der Waals surface area contributed by atoms with Crippen molar-refractivity contribution < 1.29 is 28.8 Å². The number of nitro benzene ring substituents is 1. The molecule has 0 bridgehead atoms. The lowest BCUT2D eigenvalue weighted by Crippen LogP contribution is -2.49. The van der Waals surface area contributed by atoms with Crippen molar-refractivity contribution in [2.45, 2.75) is 0 Å². The molecule has 0 unspecified atom stereocenters. The zero-order chi connectivity index (χ0) is 22.1. The van der Waals surface area contributed by atoms with Crippen LogP contribution in [-0.2, 0) is 9.53 Å². The standard InChI is InChI=1S/C18H16N4O7S/c1-28-17(25)12-4-2-11(3-5-12)16(24)19-18(30)21-20-15(23)10-29-14-8-6-13(7-9-14)22(26)27/h2-9H,10H2,1H3,(H,20,23)(H2,19,21,24,30). The fourth-order valence-electron chi connectivity index (χ4n) is 2.06. The summed E-state index contributed by atoms with van der Waals surface area (Å²) in [6.07, 6.45) is 0. The molecule has 0 saturated heterocycles. The van der Waals surface area contributed by atoms with Gasteiger partial charge in [0.1, 0.15) is 5.75 Å². The van der Waals surface area contributed by atoms with Gasteiger partial charge in [-0.15, -0.1) is 0 Å². The van der Waals surface area contributed by atoms with Gasteiger partial charge in [-0.1, -0.05) is 0 Å². The van der Waals surface area contributed by atoms with Crippen molar-refractivity contribution in [2.24, 2.45) is 0 Å². The van der Waals surface area contributed by atoms with Gasteiger partial charge in [-0.05, 0) is 48.6 Å². The number of non-ortho nitro benzene ring substituents is 1.